The predicted octanol–water partition coefficient (Wildman–Crippen LogP) is 2.07. The quantitative estimate of drug-likeness (QED) is 0.764. The van der Waals surface area contributed by atoms with Gasteiger partial charge in [0.2, 0.25) is 5.82 Å². The van der Waals surface area contributed by atoms with Gasteiger partial charge in [0, 0.05) is 25.2 Å². The van der Waals surface area contributed by atoms with Crippen LogP contribution in [0.5, 0.6) is 0 Å². The van der Waals surface area contributed by atoms with Crippen LogP contribution >= 0.6 is 0 Å². The van der Waals surface area contributed by atoms with Gasteiger partial charge in [0.1, 0.15) is 0 Å². The van der Waals surface area contributed by atoms with E-state index in [2.05, 4.69) is 44.6 Å². The summed E-state index contributed by atoms with van der Waals surface area (Å²) in [5, 5.41) is 23.0. The van der Waals surface area contributed by atoms with Gasteiger partial charge >= 0.3 is 0 Å². The molecule has 1 N–H and O–H groups in total. The maximum atomic E-state index is 10.4. The van der Waals surface area contributed by atoms with Crippen LogP contribution in [0.4, 0.5) is 0 Å². The second-order valence-corrected chi connectivity index (χ2v) is 6.94. The lowest BCUT2D eigenvalue weighted by Crippen LogP contribution is -2.38. The summed E-state index contributed by atoms with van der Waals surface area (Å²) in [5.41, 5.74) is 4.90. The Bertz CT molecular complexity index is 874. The number of aliphatic hydroxyl groups excluding tert-OH is 1. The monoisotopic (exact) mass is 349 g/mol. The first kappa shape index (κ1) is 16.9. The molecule has 1 aliphatic rings. The molecule has 0 fully saturated rings. The third-order valence-corrected chi connectivity index (χ3v) is 4.82. The topological polar surface area (TPSA) is 67.1 Å². The van der Waals surface area contributed by atoms with E-state index in [1.807, 2.05) is 31.2 Å². The van der Waals surface area contributed by atoms with Gasteiger partial charge in [0.05, 0.1) is 12.6 Å². The summed E-state index contributed by atoms with van der Waals surface area (Å²) >= 11 is 0. The largest absolute Gasteiger partial charge is 0.390 e. The molecule has 4 rings (SSSR count). The molecule has 2 aromatic carbocycles. The van der Waals surface area contributed by atoms with Crippen molar-refractivity contribution in [2.45, 2.75) is 32.5 Å². The van der Waals surface area contributed by atoms with Crippen LogP contribution in [0.25, 0.3) is 11.4 Å². The molecule has 0 unspecified atom stereocenters. The smallest absolute Gasteiger partial charge is 0.204 e. The number of aliphatic hydroxyl groups is 1. The van der Waals surface area contributed by atoms with E-state index < -0.39 is 6.10 Å². The van der Waals surface area contributed by atoms with Gasteiger partial charge in [-0.25, -0.2) is 0 Å². The second kappa shape index (κ2) is 7.35. The molecule has 0 saturated heterocycles. The minimum absolute atomic E-state index is 0.344. The number of β-amino-alcohol motifs (C(OH)–C–C–N with tert-alkyl or cyclic N) is 1. The van der Waals surface area contributed by atoms with Gasteiger partial charge < -0.3 is 5.11 Å². The lowest BCUT2D eigenvalue weighted by Gasteiger charge is -2.30. The van der Waals surface area contributed by atoms with Gasteiger partial charge in [-0.2, -0.15) is 4.80 Å². The predicted molar refractivity (Wildman–Crippen MR) is 99.4 cm³/mol. The highest BCUT2D eigenvalue weighted by molar-refractivity contribution is 5.53. The van der Waals surface area contributed by atoms with Crippen LogP contribution in [-0.4, -0.2) is 49.4 Å². The van der Waals surface area contributed by atoms with Gasteiger partial charge in [0.15, 0.2) is 0 Å². The van der Waals surface area contributed by atoms with Crippen molar-refractivity contribution in [1.29, 1.82) is 0 Å². The van der Waals surface area contributed by atoms with Crippen molar-refractivity contribution in [2.75, 3.05) is 13.1 Å². The van der Waals surface area contributed by atoms with Crippen LogP contribution in [0.2, 0.25) is 0 Å². The summed E-state index contributed by atoms with van der Waals surface area (Å²) in [6.45, 7) is 4.84. The number of benzene rings is 2. The Labute approximate surface area is 153 Å². The Balaban J connectivity index is 1.35. The van der Waals surface area contributed by atoms with Crippen molar-refractivity contribution in [1.82, 2.24) is 25.1 Å². The zero-order valence-electron chi connectivity index (χ0n) is 14.9. The molecule has 6 nitrogen and oxygen atoms in total. The molecule has 2 heterocycles. The highest BCUT2D eigenvalue weighted by atomic mass is 16.3. The number of tetrazole rings is 1. The highest BCUT2D eigenvalue weighted by Crippen LogP contribution is 2.19. The first-order valence-corrected chi connectivity index (χ1v) is 8.99. The Hall–Kier alpha value is -2.57. The van der Waals surface area contributed by atoms with Gasteiger partial charge in [-0.15, -0.1) is 10.2 Å². The highest BCUT2D eigenvalue weighted by Gasteiger charge is 2.19. The molecular weight excluding hydrogens is 326 g/mol. The van der Waals surface area contributed by atoms with Crippen LogP contribution in [0.3, 0.4) is 0 Å². The second-order valence-electron chi connectivity index (χ2n) is 6.94. The van der Waals surface area contributed by atoms with Crippen molar-refractivity contribution in [3.63, 3.8) is 0 Å². The molecule has 1 atom stereocenters. The molecule has 0 bridgehead atoms. The van der Waals surface area contributed by atoms with E-state index in [0.29, 0.717) is 18.9 Å². The molecule has 0 amide bonds. The van der Waals surface area contributed by atoms with E-state index in [4.69, 9.17) is 0 Å². The Kier molecular flexibility index (Phi) is 4.77. The molecule has 0 aliphatic carbocycles. The van der Waals surface area contributed by atoms with Crippen molar-refractivity contribution < 1.29 is 5.11 Å². The summed E-state index contributed by atoms with van der Waals surface area (Å²) < 4.78 is 0. The Morgan fingerprint density at radius 2 is 1.81 bits per heavy atom. The van der Waals surface area contributed by atoms with Gasteiger partial charge in [0.25, 0.3) is 0 Å². The fourth-order valence-corrected chi connectivity index (χ4v) is 3.39. The maximum Gasteiger partial charge on any atom is 0.204 e. The summed E-state index contributed by atoms with van der Waals surface area (Å²) in [6, 6.07) is 16.5. The fourth-order valence-electron chi connectivity index (χ4n) is 3.39. The summed E-state index contributed by atoms with van der Waals surface area (Å²) in [4.78, 5) is 3.77. The fraction of sp³-hybridized carbons (Fsp3) is 0.350. The minimum Gasteiger partial charge on any atom is -0.390 e. The summed E-state index contributed by atoms with van der Waals surface area (Å²) in [5.74, 6) is 0.587. The van der Waals surface area contributed by atoms with E-state index in [-0.39, 0.29) is 0 Å². The maximum absolute atomic E-state index is 10.4. The number of fused-ring (bicyclic) bond motifs is 1. The van der Waals surface area contributed by atoms with Crippen LogP contribution < -0.4 is 0 Å². The van der Waals surface area contributed by atoms with E-state index in [1.54, 1.807) is 0 Å². The van der Waals surface area contributed by atoms with E-state index in [0.717, 1.165) is 25.1 Å². The van der Waals surface area contributed by atoms with Crippen LogP contribution in [-0.2, 0) is 19.5 Å². The zero-order chi connectivity index (χ0) is 17.9. The van der Waals surface area contributed by atoms with Gasteiger partial charge in [-0.1, -0.05) is 54.1 Å². The zero-order valence-corrected chi connectivity index (χ0v) is 14.9. The molecule has 0 spiro atoms. The molecule has 3 aromatic rings. The molecule has 1 aromatic heterocycles. The van der Waals surface area contributed by atoms with Crippen LogP contribution in [0.1, 0.15) is 16.7 Å². The lowest BCUT2D eigenvalue weighted by molar-refractivity contribution is 0.0849. The van der Waals surface area contributed by atoms with Crippen molar-refractivity contribution in [2.24, 2.45) is 0 Å². The third kappa shape index (κ3) is 3.81. The number of aryl methyl sites for hydroxylation is 1. The average Bonchev–Trinajstić information content (AvgIpc) is 3.10. The summed E-state index contributed by atoms with van der Waals surface area (Å²) in [6.07, 6.45) is 0.502. The minimum atomic E-state index is -0.527. The average molecular weight is 349 g/mol. The first-order chi connectivity index (χ1) is 12.7. The number of aromatic nitrogens is 4. The molecule has 6 heteroatoms. The van der Waals surface area contributed by atoms with Gasteiger partial charge in [-0.05, 0) is 29.7 Å². The van der Waals surface area contributed by atoms with Crippen LogP contribution in [0.15, 0.2) is 48.5 Å². The van der Waals surface area contributed by atoms with E-state index >= 15 is 0 Å². The molecule has 134 valence electrons. The summed E-state index contributed by atoms with van der Waals surface area (Å²) in [7, 11) is 0. The number of hydrogen-bond donors (Lipinski definition) is 1. The molecular formula is C20H23N5O. The van der Waals surface area contributed by atoms with Crippen molar-refractivity contribution in [3.8, 4) is 11.4 Å². The van der Waals surface area contributed by atoms with Crippen molar-refractivity contribution in [3.05, 3.63) is 65.2 Å². The molecule has 26 heavy (non-hydrogen) atoms. The van der Waals surface area contributed by atoms with Crippen molar-refractivity contribution >= 4 is 0 Å². The molecule has 1 aliphatic heterocycles. The number of nitrogens with zero attached hydrogens (tertiary/aromatic N) is 5. The first-order valence-electron chi connectivity index (χ1n) is 8.99. The normalized spacial score (nSPS) is 15.6. The lowest BCUT2D eigenvalue weighted by atomic mass is 10.00. The Morgan fingerprint density at radius 1 is 1.04 bits per heavy atom. The molecule has 0 radical (unpaired) electrons. The Morgan fingerprint density at radius 3 is 2.62 bits per heavy atom. The van der Waals surface area contributed by atoms with Crippen LogP contribution in [0, 0.1) is 6.92 Å². The van der Waals surface area contributed by atoms with Gasteiger partial charge in [-0.3, -0.25) is 4.90 Å². The van der Waals surface area contributed by atoms with E-state index in [1.165, 1.54) is 21.5 Å². The van der Waals surface area contributed by atoms with E-state index in [9.17, 15) is 5.11 Å². The number of hydrogen-bond acceptors (Lipinski definition) is 5. The SMILES string of the molecule is Cc1ccc(-c2nnn(C[C@@H](O)CN3CCc4ccccc4C3)n2)cc1. The standard InChI is InChI=1S/C20H23N5O/c1-15-6-8-17(9-7-15)20-21-23-25(22-20)14-19(26)13-24-11-10-16-4-2-3-5-18(16)12-24/h2-9,19,26H,10-14H2,1H3/t19-/m0/s1. The number of rotatable bonds is 5. The third-order valence-electron chi connectivity index (χ3n) is 4.82. The molecule has 0 saturated carbocycles.